The number of amidine groups is 1. The summed E-state index contributed by atoms with van der Waals surface area (Å²) in [7, 11) is 0. The van der Waals surface area contributed by atoms with Gasteiger partial charge in [-0.2, -0.15) is 0 Å². The van der Waals surface area contributed by atoms with E-state index in [1.54, 1.807) is 4.90 Å². The Labute approximate surface area is 201 Å². The third-order valence-corrected chi connectivity index (χ3v) is 6.30. The monoisotopic (exact) mass is 467 g/mol. The molecule has 1 saturated heterocycles. The number of rotatable bonds is 10. The van der Waals surface area contributed by atoms with Crippen molar-refractivity contribution < 1.29 is 14.3 Å². The molecular weight excluding hydrogens is 434 g/mol. The van der Waals surface area contributed by atoms with Gasteiger partial charge in [0.2, 0.25) is 0 Å². The van der Waals surface area contributed by atoms with E-state index in [0.717, 1.165) is 41.5 Å². The number of amides is 1. The summed E-state index contributed by atoms with van der Waals surface area (Å²) >= 11 is 1.39. The van der Waals surface area contributed by atoms with Crippen molar-refractivity contribution in [3.8, 4) is 11.5 Å². The summed E-state index contributed by atoms with van der Waals surface area (Å²) < 4.78 is 11.4. The fraction of sp³-hybridized carbons (Fsp3) is 0.385. The number of benzene rings is 2. The van der Waals surface area contributed by atoms with Gasteiger partial charge in [-0.15, -0.1) is 0 Å². The highest BCUT2D eigenvalue weighted by Gasteiger charge is 2.32. The van der Waals surface area contributed by atoms with E-state index in [1.807, 2.05) is 57.2 Å². The second kappa shape index (κ2) is 11.8. The molecular formula is C26H33N3O3S. The second-order valence-electron chi connectivity index (χ2n) is 7.31. The Balaban J connectivity index is 1.91. The van der Waals surface area contributed by atoms with Crippen LogP contribution in [0, 0.1) is 0 Å². The van der Waals surface area contributed by atoms with Crippen LogP contribution < -0.4 is 14.4 Å². The van der Waals surface area contributed by atoms with Crippen LogP contribution in [0.3, 0.4) is 0 Å². The Morgan fingerprint density at radius 2 is 1.67 bits per heavy atom. The Bertz CT molecular complexity index is 1010. The minimum atomic E-state index is -0.0394. The zero-order valence-corrected chi connectivity index (χ0v) is 20.9. The van der Waals surface area contributed by atoms with Crippen LogP contribution in [0.2, 0.25) is 0 Å². The van der Waals surface area contributed by atoms with E-state index in [9.17, 15) is 4.79 Å². The van der Waals surface area contributed by atoms with Gasteiger partial charge in [-0.05, 0) is 88.9 Å². The van der Waals surface area contributed by atoms with E-state index in [-0.39, 0.29) is 5.91 Å². The zero-order chi connectivity index (χ0) is 23.8. The number of hydrogen-bond donors (Lipinski definition) is 0. The quantitative estimate of drug-likeness (QED) is 0.404. The van der Waals surface area contributed by atoms with Crippen LogP contribution in [0.25, 0.3) is 6.08 Å². The molecule has 0 radical (unpaired) electrons. The van der Waals surface area contributed by atoms with Gasteiger partial charge in [0.25, 0.3) is 5.91 Å². The number of nitrogens with zero attached hydrogens (tertiary/aromatic N) is 3. The topological polar surface area (TPSA) is 54.4 Å². The maximum Gasteiger partial charge on any atom is 0.266 e. The number of carbonyl (C=O) groups is 1. The van der Waals surface area contributed by atoms with E-state index in [4.69, 9.17) is 14.5 Å². The summed E-state index contributed by atoms with van der Waals surface area (Å²) in [4.78, 5) is 22.4. The smallest absolute Gasteiger partial charge is 0.266 e. The van der Waals surface area contributed by atoms with E-state index in [0.29, 0.717) is 29.8 Å². The van der Waals surface area contributed by atoms with Crippen LogP contribution in [0.15, 0.2) is 52.4 Å². The highest BCUT2D eigenvalue weighted by atomic mass is 32.2. The molecule has 0 saturated carbocycles. The van der Waals surface area contributed by atoms with Crippen LogP contribution in [-0.4, -0.2) is 48.8 Å². The molecule has 33 heavy (non-hydrogen) atoms. The van der Waals surface area contributed by atoms with Gasteiger partial charge in [0.15, 0.2) is 5.17 Å². The third-order valence-electron chi connectivity index (χ3n) is 5.29. The molecule has 176 valence electrons. The van der Waals surface area contributed by atoms with Crippen molar-refractivity contribution >= 4 is 40.3 Å². The predicted octanol–water partition coefficient (Wildman–Crippen LogP) is 5.95. The summed E-state index contributed by atoms with van der Waals surface area (Å²) in [6.45, 7) is 13.7. The Morgan fingerprint density at radius 1 is 0.970 bits per heavy atom. The van der Waals surface area contributed by atoms with Crippen LogP contribution >= 0.6 is 11.8 Å². The van der Waals surface area contributed by atoms with Gasteiger partial charge in [0, 0.05) is 37.0 Å². The molecule has 1 fully saturated rings. The van der Waals surface area contributed by atoms with Crippen molar-refractivity contribution in [2.24, 2.45) is 4.99 Å². The minimum absolute atomic E-state index is 0.0394. The molecule has 3 rings (SSSR count). The number of ether oxygens (including phenoxy) is 2. The van der Waals surface area contributed by atoms with E-state index >= 15 is 0 Å². The summed E-state index contributed by atoms with van der Waals surface area (Å²) in [5, 5.41) is 0.677. The molecule has 0 aliphatic carbocycles. The molecule has 2 aromatic carbocycles. The van der Waals surface area contributed by atoms with Crippen LogP contribution in [0.4, 0.5) is 11.4 Å². The van der Waals surface area contributed by atoms with E-state index < -0.39 is 0 Å². The van der Waals surface area contributed by atoms with Crippen molar-refractivity contribution in [2.75, 3.05) is 37.7 Å². The Hall–Kier alpha value is -2.93. The SMILES string of the molecule is CCOc1ccc(N=C2S/C(=C\c3ccc(N(CC)CC)cc3OCC)C(=O)N2CC)cc1. The lowest BCUT2D eigenvalue weighted by Gasteiger charge is -2.22. The lowest BCUT2D eigenvalue weighted by atomic mass is 10.1. The second-order valence-corrected chi connectivity index (χ2v) is 8.32. The molecule has 0 N–H and O–H groups in total. The van der Waals surface area contributed by atoms with Crippen molar-refractivity contribution in [1.82, 2.24) is 4.90 Å². The van der Waals surface area contributed by atoms with Crippen molar-refractivity contribution in [3.63, 3.8) is 0 Å². The first-order valence-electron chi connectivity index (χ1n) is 11.6. The van der Waals surface area contributed by atoms with Gasteiger partial charge < -0.3 is 14.4 Å². The van der Waals surface area contributed by atoms with Gasteiger partial charge in [-0.3, -0.25) is 9.69 Å². The third kappa shape index (κ3) is 5.90. The fourth-order valence-electron chi connectivity index (χ4n) is 3.61. The first-order valence-corrected chi connectivity index (χ1v) is 12.4. The predicted molar refractivity (Wildman–Crippen MR) is 139 cm³/mol. The molecule has 1 aliphatic rings. The lowest BCUT2D eigenvalue weighted by molar-refractivity contribution is -0.122. The Morgan fingerprint density at radius 3 is 2.27 bits per heavy atom. The standard InChI is InChI=1S/C26H33N3O3S/c1-6-28(7-2)21-14-11-19(23(18-21)32-10-5)17-24-25(30)29(8-3)26(33-24)27-20-12-15-22(16-13-20)31-9-4/h11-18H,6-10H2,1-5H3/b24-17-,27-26?. The summed E-state index contributed by atoms with van der Waals surface area (Å²) in [6.07, 6.45) is 1.91. The highest BCUT2D eigenvalue weighted by molar-refractivity contribution is 8.18. The number of anilines is 1. The van der Waals surface area contributed by atoms with E-state index in [2.05, 4.69) is 30.9 Å². The zero-order valence-electron chi connectivity index (χ0n) is 20.1. The van der Waals surface area contributed by atoms with Gasteiger partial charge in [-0.1, -0.05) is 0 Å². The average molecular weight is 468 g/mol. The largest absolute Gasteiger partial charge is 0.494 e. The molecule has 0 unspecified atom stereocenters. The normalized spacial score (nSPS) is 16.0. The van der Waals surface area contributed by atoms with E-state index in [1.165, 1.54) is 11.8 Å². The molecule has 0 bridgehead atoms. The number of thioether (sulfide) groups is 1. The minimum Gasteiger partial charge on any atom is -0.494 e. The number of aliphatic imine (C=N–C) groups is 1. The number of likely N-dealkylation sites (N-methyl/N-ethyl adjacent to an activating group) is 1. The Kier molecular flexibility index (Phi) is 8.83. The maximum atomic E-state index is 13.1. The van der Waals surface area contributed by atoms with Gasteiger partial charge in [-0.25, -0.2) is 4.99 Å². The molecule has 0 spiro atoms. The van der Waals surface area contributed by atoms with Crippen LogP contribution in [-0.2, 0) is 4.79 Å². The maximum absolute atomic E-state index is 13.1. The van der Waals surface area contributed by atoms with Gasteiger partial charge in [0.05, 0.1) is 23.8 Å². The molecule has 1 aliphatic heterocycles. The molecule has 0 aromatic heterocycles. The van der Waals surface area contributed by atoms with Crippen LogP contribution in [0.1, 0.15) is 40.2 Å². The van der Waals surface area contributed by atoms with Crippen LogP contribution in [0.5, 0.6) is 11.5 Å². The van der Waals surface area contributed by atoms with Gasteiger partial charge >= 0.3 is 0 Å². The first kappa shape index (κ1) is 24.7. The first-order chi connectivity index (χ1) is 16.0. The summed E-state index contributed by atoms with van der Waals surface area (Å²) in [5.74, 6) is 1.55. The fourth-order valence-corrected chi connectivity index (χ4v) is 4.67. The highest BCUT2D eigenvalue weighted by Crippen LogP contribution is 2.36. The average Bonchev–Trinajstić information content (AvgIpc) is 3.11. The summed E-state index contributed by atoms with van der Waals surface area (Å²) in [6, 6.07) is 13.7. The molecule has 6 nitrogen and oxygen atoms in total. The number of hydrogen-bond acceptors (Lipinski definition) is 6. The molecule has 2 aromatic rings. The molecule has 1 amide bonds. The summed E-state index contributed by atoms with van der Waals surface area (Å²) in [5.41, 5.74) is 2.79. The number of carbonyl (C=O) groups excluding carboxylic acids is 1. The molecule has 0 atom stereocenters. The van der Waals surface area contributed by atoms with Crippen molar-refractivity contribution in [3.05, 3.63) is 52.9 Å². The van der Waals surface area contributed by atoms with Crippen molar-refractivity contribution in [1.29, 1.82) is 0 Å². The van der Waals surface area contributed by atoms with Gasteiger partial charge in [0.1, 0.15) is 11.5 Å². The molecule has 1 heterocycles. The lowest BCUT2D eigenvalue weighted by Crippen LogP contribution is -2.28. The van der Waals surface area contributed by atoms with Crippen molar-refractivity contribution in [2.45, 2.75) is 34.6 Å². The molecule has 7 heteroatoms.